The van der Waals surface area contributed by atoms with Gasteiger partial charge in [0, 0.05) is 0 Å². The van der Waals surface area contributed by atoms with Gasteiger partial charge in [0.05, 0.1) is 15.2 Å². The van der Waals surface area contributed by atoms with Crippen LogP contribution in [0.5, 0.6) is 0 Å². The van der Waals surface area contributed by atoms with Crippen LogP contribution in [0.15, 0.2) is 0 Å². The molecule has 2 rings (SSSR count). The first-order valence-electron chi connectivity index (χ1n) is 5.42. The number of aryl methyl sites for hydroxylation is 3. The van der Waals surface area contributed by atoms with Gasteiger partial charge in [-0.1, -0.05) is 6.92 Å². The van der Waals surface area contributed by atoms with Crippen LogP contribution in [0.2, 0.25) is 0 Å². The number of hydrogen-bond donors (Lipinski definition) is 0. The van der Waals surface area contributed by atoms with Crippen LogP contribution in [-0.4, -0.2) is 4.98 Å². The van der Waals surface area contributed by atoms with Gasteiger partial charge in [-0.3, -0.25) is 0 Å². The number of benzene rings is 1. The van der Waals surface area contributed by atoms with E-state index in [2.05, 4.69) is 34.6 Å². The minimum Gasteiger partial charge on any atom is -0.241 e. The van der Waals surface area contributed by atoms with Crippen LogP contribution in [0.25, 0.3) is 10.2 Å². The quantitative estimate of drug-likeness (QED) is 0.704. The third-order valence-corrected chi connectivity index (χ3v) is 4.68. The SMILES string of the molecule is CCc1nc2c(C)c(C)c(C)c(C)c2s1. The van der Waals surface area contributed by atoms with Gasteiger partial charge in [-0.05, 0) is 56.4 Å². The second-order valence-electron chi connectivity index (χ2n) is 4.14. The molecule has 1 nitrogen and oxygen atoms in total. The summed E-state index contributed by atoms with van der Waals surface area (Å²) in [4.78, 5) is 4.71. The molecule has 0 aliphatic rings. The Hall–Kier alpha value is -0.890. The van der Waals surface area contributed by atoms with Gasteiger partial charge in [-0.25, -0.2) is 4.98 Å². The minimum absolute atomic E-state index is 1.04. The second-order valence-corrected chi connectivity index (χ2v) is 5.22. The lowest BCUT2D eigenvalue weighted by Crippen LogP contribution is -1.92. The predicted octanol–water partition coefficient (Wildman–Crippen LogP) is 4.09. The topological polar surface area (TPSA) is 12.9 Å². The molecule has 0 amide bonds. The Bertz CT molecular complexity index is 478. The molecule has 2 heteroatoms. The van der Waals surface area contributed by atoms with Gasteiger partial charge in [0.15, 0.2) is 0 Å². The van der Waals surface area contributed by atoms with Crippen LogP contribution in [0.3, 0.4) is 0 Å². The Labute approximate surface area is 95.2 Å². The van der Waals surface area contributed by atoms with Gasteiger partial charge in [0.2, 0.25) is 0 Å². The molecule has 0 saturated carbocycles. The summed E-state index contributed by atoms with van der Waals surface area (Å²) >= 11 is 1.85. The second kappa shape index (κ2) is 3.60. The van der Waals surface area contributed by atoms with Crippen molar-refractivity contribution in [3.8, 4) is 0 Å². The number of rotatable bonds is 1. The van der Waals surface area contributed by atoms with E-state index in [0.29, 0.717) is 0 Å². The summed E-state index contributed by atoms with van der Waals surface area (Å²) in [6.45, 7) is 11.0. The standard InChI is InChI=1S/C13H17NS/c1-6-11-14-12-9(4)7(2)8(3)10(5)13(12)15-11/h6H2,1-5H3. The lowest BCUT2D eigenvalue weighted by atomic mass is 9.99. The summed E-state index contributed by atoms with van der Waals surface area (Å²) in [6.07, 6.45) is 1.04. The predicted molar refractivity (Wildman–Crippen MR) is 67.9 cm³/mol. The third kappa shape index (κ3) is 1.48. The van der Waals surface area contributed by atoms with Crippen molar-refractivity contribution >= 4 is 21.6 Å². The van der Waals surface area contributed by atoms with Crippen molar-refractivity contribution in [3.63, 3.8) is 0 Å². The molecular formula is C13H17NS. The molecule has 0 radical (unpaired) electrons. The molecule has 0 N–H and O–H groups in total. The summed E-state index contributed by atoms with van der Waals surface area (Å²) in [5, 5.41) is 1.25. The molecule has 0 unspecified atom stereocenters. The smallest absolute Gasteiger partial charge is 0.0936 e. The first kappa shape index (κ1) is 10.6. The number of hydrogen-bond acceptors (Lipinski definition) is 2. The molecule has 2 aromatic rings. The molecule has 0 bridgehead atoms. The molecule has 0 saturated heterocycles. The molecule has 0 atom stereocenters. The number of nitrogens with zero attached hydrogens (tertiary/aromatic N) is 1. The number of thiazole rings is 1. The Morgan fingerprint density at radius 1 is 0.933 bits per heavy atom. The third-order valence-electron chi connectivity index (χ3n) is 3.36. The summed E-state index contributed by atoms with van der Waals surface area (Å²) in [5.41, 5.74) is 6.80. The Balaban J connectivity index is 2.90. The molecule has 0 fully saturated rings. The van der Waals surface area contributed by atoms with Crippen LogP contribution in [-0.2, 0) is 6.42 Å². The van der Waals surface area contributed by atoms with Crippen LogP contribution >= 0.6 is 11.3 Å². The summed E-state index contributed by atoms with van der Waals surface area (Å²) in [7, 11) is 0. The van der Waals surface area contributed by atoms with Gasteiger partial charge in [0.25, 0.3) is 0 Å². The molecule has 1 aromatic carbocycles. The maximum Gasteiger partial charge on any atom is 0.0936 e. The lowest BCUT2D eigenvalue weighted by Gasteiger charge is -2.09. The van der Waals surface area contributed by atoms with Crippen LogP contribution in [0.4, 0.5) is 0 Å². The van der Waals surface area contributed by atoms with Crippen LogP contribution in [0.1, 0.15) is 34.2 Å². The van der Waals surface area contributed by atoms with E-state index in [1.165, 1.54) is 37.5 Å². The Morgan fingerprint density at radius 2 is 1.53 bits per heavy atom. The van der Waals surface area contributed by atoms with Crippen molar-refractivity contribution in [2.24, 2.45) is 0 Å². The minimum atomic E-state index is 1.04. The van der Waals surface area contributed by atoms with Crippen LogP contribution < -0.4 is 0 Å². The van der Waals surface area contributed by atoms with E-state index < -0.39 is 0 Å². The average Bonchev–Trinajstić information content (AvgIpc) is 2.67. The lowest BCUT2D eigenvalue weighted by molar-refractivity contribution is 1.10. The highest BCUT2D eigenvalue weighted by Gasteiger charge is 2.12. The highest BCUT2D eigenvalue weighted by molar-refractivity contribution is 7.18. The van der Waals surface area contributed by atoms with Gasteiger partial charge in [-0.15, -0.1) is 11.3 Å². The average molecular weight is 219 g/mol. The number of aromatic nitrogens is 1. The van der Waals surface area contributed by atoms with E-state index in [-0.39, 0.29) is 0 Å². The van der Waals surface area contributed by atoms with E-state index in [4.69, 9.17) is 4.98 Å². The summed E-state index contributed by atoms with van der Waals surface area (Å²) < 4.78 is 1.38. The molecule has 0 spiro atoms. The zero-order valence-electron chi connectivity index (χ0n) is 10.1. The summed E-state index contributed by atoms with van der Waals surface area (Å²) in [5.74, 6) is 0. The zero-order valence-corrected chi connectivity index (χ0v) is 10.9. The van der Waals surface area contributed by atoms with E-state index in [0.717, 1.165) is 6.42 Å². The fraction of sp³-hybridized carbons (Fsp3) is 0.462. The highest BCUT2D eigenvalue weighted by atomic mass is 32.1. The van der Waals surface area contributed by atoms with Crippen molar-refractivity contribution in [3.05, 3.63) is 27.3 Å². The molecule has 80 valence electrons. The van der Waals surface area contributed by atoms with Crippen molar-refractivity contribution in [2.45, 2.75) is 41.0 Å². The van der Waals surface area contributed by atoms with Crippen molar-refractivity contribution in [1.29, 1.82) is 0 Å². The highest BCUT2D eigenvalue weighted by Crippen LogP contribution is 2.32. The van der Waals surface area contributed by atoms with Crippen molar-refractivity contribution in [1.82, 2.24) is 4.98 Å². The van der Waals surface area contributed by atoms with Gasteiger partial charge < -0.3 is 0 Å². The molecule has 0 aliphatic carbocycles. The first-order valence-corrected chi connectivity index (χ1v) is 6.23. The van der Waals surface area contributed by atoms with E-state index in [9.17, 15) is 0 Å². The van der Waals surface area contributed by atoms with E-state index >= 15 is 0 Å². The normalized spacial score (nSPS) is 11.3. The molecule has 15 heavy (non-hydrogen) atoms. The number of fused-ring (bicyclic) bond motifs is 1. The maximum atomic E-state index is 4.71. The molecule has 1 aromatic heterocycles. The molecular weight excluding hydrogens is 202 g/mol. The van der Waals surface area contributed by atoms with Crippen LogP contribution in [0, 0.1) is 27.7 Å². The maximum absolute atomic E-state index is 4.71. The summed E-state index contributed by atoms with van der Waals surface area (Å²) in [6, 6.07) is 0. The largest absolute Gasteiger partial charge is 0.241 e. The van der Waals surface area contributed by atoms with Crippen molar-refractivity contribution in [2.75, 3.05) is 0 Å². The molecule has 1 heterocycles. The van der Waals surface area contributed by atoms with Gasteiger partial charge in [-0.2, -0.15) is 0 Å². The monoisotopic (exact) mass is 219 g/mol. The van der Waals surface area contributed by atoms with E-state index in [1.54, 1.807) is 0 Å². The van der Waals surface area contributed by atoms with Gasteiger partial charge in [0.1, 0.15) is 0 Å². The Kier molecular flexibility index (Phi) is 2.55. The van der Waals surface area contributed by atoms with E-state index in [1.807, 2.05) is 11.3 Å². The molecule has 0 aliphatic heterocycles. The fourth-order valence-electron chi connectivity index (χ4n) is 1.93. The first-order chi connectivity index (χ1) is 7.06. The zero-order chi connectivity index (χ0) is 11.2. The van der Waals surface area contributed by atoms with Crippen molar-refractivity contribution < 1.29 is 0 Å². The fourth-order valence-corrected chi connectivity index (χ4v) is 3.05. The Morgan fingerprint density at radius 3 is 2.13 bits per heavy atom. The van der Waals surface area contributed by atoms with Gasteiger partial charge >= 0.3 is 0 Å².